The highest BCUT2D eigenvalue weighted by Gasteiger charge is 2.31. The molecule has 0 saturated carbocycles. The zero-order valence-electron chi connectivity index (χ0n) is 16.3. The second-order valence-electron chi connectivity index (χ2n) is 7.06. The molecule has 31 heavy (non-hydrogen) atoms. The Hall–Kier alpha value is -3.64. The molecule has 3 aromatic carbocycles. The molecule has 0 fully saturated rings. The quantitative estimate of drug-likeness (QED) is 0.197. The van der Waals surface area contributed by atoms with Crippen LogP contribution in [-0.4, -0.2) is 11.8 Å². The van der Waals surface area contributed by atoms with Gasteiger partial charge in [0, 0.05) is 15.4 Å². The smallest absolute Gasteiger partial charge is 0.379 e. The predicted octanol–water partition coefficient (Wildman–Crippen LogP) is 6.34. The van der Waals surface area contributed by atoms with Crippen LogP contribution in [0, 0.1) is 6.92 Å². The number of para-hydroxylation sites is 1. The van der Waals surface area contributed by atoms with Crippen LogP contribution < -0.4 is 9.47 Å². The van der Waals surface area contributed by atoms with Gasteiger partial charge in [-0.15, -0.1) is 0 Å². The lowest BCUT2D eigenvalue weighted by atomic mass is 10.1. The van der Waals surface area contributed by atoms with Crippen LogP contribution in [0.15, 0.2) is 81.4 Å². The van der Waals surface area contributed by atoms with Crippen molar-refractivity contribution in [1.29, 1.82) is 0 Å². The summed E-state index contributed by atoms with van der Waals surface area (Å²) in [5.74, 6) is 0.173. The molecule has 2 heterocycles. The highest BCUT2D eigenvalue weighted by molar-refractivity contribution is 9.10. The van der Waals surface area contributed by atoms with Crippen LogP contribution in [0.1, 0.15) is 32.0 Å². The maximum absolute atomic E-state index is 12.8. The molecule has 0 N–H and O–H groups in total. The first-order chi connectivity index (χ1) is 15.0. The minimum atomic E-state index is -0.618. The Bertz CT molecular complexity index is 1360. The average molecular weight is 475 g/mol. The maximum Gasteiger partial charge on any atom is 0.379 e. The van der Waals surface area contributed by atoms with Gasteiger partial charge in [-0.25, -0.2) is 4.79 Å². The number of benzene rings is 3. The zero-order valence-corrected chi connectivity index (χ0v) is 17.9. The van der Waals surface area contributed by atoms with Crippen molar-refractivity contribution in [2.45, 2.75) is 6.92 Å². The molecular formula is C25H15BrO5. The number of fused-ring (bicyclic) bond motifs is 2. The lowest BCUT2D eigenvalue weighted by Crippen LogP contribution is -2.08. The normalized spacial score (nSPS) is 14.0. The second-order valence-corrected chi connectivity index (χ2v) is 7.92. The summed E-state index contributed by atoms with van der Waals surface area (Å²) in [7, 11) is 0. The topological polar surface area (TPSA) is 65.7 Å². The van der Waals surface area contributed by atoms with Gasteiger partial charge in [0.2, 0.25) is 11.5 Å². The van der Waals surface area contributed by atoms with Crippen molar-refractivity contribution in [2.75, 3.05) is 0 Å². The number of esters is 1. The predicted molar refractivity (Wildman–Crippen MR) is 119 cm³/mol. The molecule has 1 aromatic heterocycles. The monoisotopic (exact) mass is 474 g/mol. The van der Waals surface area contributed by atoms with Crippen molar-refractivity contribution in [3.63, 3.8) is 0 Å². The Morgan fingerprint density at radius 1 is 1.03 bits per heavy atom. The van der Waals surface area contributed by atoms with Crippen LogP contribution in [0.3, 0.4) is 0 Å². The zero-order chi connectivity index (χ0) is 21.5. The van der Waals surface area contributed by atoms with Crippen molar-refractivity contribution in [1.82, 2.24) is 0 Å². The molecule has 6 heteroatoms. The van der Waals surface area contributed by atoms with Crippen molar-refractivity contribution in [2.24, 2.45) is 0 Å². The summed E-state index contributed by atoms with van der Waals surface area (Å²) in [5, 5.41) is 0.816. The van der Waals surface area contributed by atoms with E-state index in [0.29, 0.717) is 28.2 Å². The van der Waals surface area contributed by atoms with Crippen molar-refractivity contribution >= 4 is 44.7 Å². The molecule has 0 saturated heterocycles. The van der Waals surface area contributed by atoms with E-state index in [1.807, 2.05) is 42.5 Å². The lowest BCUT2D eigenvalue weighted by molar-refractivity contribution is 0.0702. The summed E-state index contributed by atoms with van der Waals surface area (Å²) in [6, 6.07) is 19.7. The van der Waals surface area contributed by atoms with E-state index in [0.717, 1.165) is 15.4 Å². The molecule has 5 nitrogen and oxygen atoms in total. The molecule has 0 unspecified atom stereocenters. The molecule has 1 aliphatic rings. The van der Waals surface area contributed by atoms with Crippen LogP contribution in [-0.2, 0) is 0 Å². The number of rotatable bonds is 3. The molecule has 5 rings (SSSR count). The molecule has 4 aromatic rings. The highest BCUT2D eigenvalue weighted by Crippen LogP contribution is 2.40. The number of Topliss-reactive ketones (excluding diaryl/α,β-unsaturated/α-hetero) is 1. The third-order valence-electron chi connectivity index (χ3n) is 5.06. The average Bonchev–Trinajstić information content (AvgIpc) is 3.34. The minimum absolute atomic E-state index is 0.104. The van der Waals surface area contributed by atoms with E-state index in [1.54, 1.807) is 37.3 Å². The molecule has 152 valence electrons. The largest absolute Gasteiger partial charge is 0.452 e. The van der Waals surface area contributed by atoms with Gasteiger partial charge in [-0.05, 0) is 48.9 Å². The van der Waals surface area contributed by atoms with E-state index in [2.05, 4.69) is 15.9 Å². The summed E-state index contributed by atoms with van der Waals surface area (Å²) in [6.45, 7) is 1.74. The fourth-order valence-corrected chi connectivity index (χ4v) is 3.84. The Morgan fingerprint density at radius 3 is 2.61 bits per heavy atom. The van der Waals surface area contributed by atoms with Gasteiger partial charge in [0.05, 0.1) is 5.56 Å². The van der Waals surface area contributed by atoms with Crippen molar-refractivity contribution < 1.29 is 23.5 Å². The van der Waals surface area contributed by atoms with Crippen LogP contribution in [0.4, 0.5) is 0 Å². The number of allylic oxidation sites excluding steroid dienone is 1. The molecule has 0 bridgehead atoms. The first kappa shape index (κ1) is 19.3. The minimum Gasteiger partial charge on any atom is -0.452 e. The van der Waals surface area contributed by atoms with Gasteiger partial charge in [-0.2, -0.15) is 0 Å². The van der Waals surface area contributed by atoms with E-state index < -0.39 is 5.97 Å². The fourth-order valence-electron chi connectivity index (χ4n) is 3.44. The van der Waals surface area contributed by atoms with E-state index >= 15 is 0 Å². The first-order valence-corrected chi connectivity index (χ1v) is 10.3. The Morgan fingerprint density at radius 2 is 1.81 bits per heavy atom. The Kier molecular flexibility index (Phi) is 4.71. The summed E-state index contributed by atoms with van der Waals surface area (Å²) in [6.07, 6.45) is 1.69. The summed E-state index contributed by atoms with van der Waals surface area (Å²) in [5.41, 5.74) is 2.42. The van der Waals surface area contributed by atoms with Crippen molar-refractivity contribution in [3.8, 4) is 11.5 Å². The number of ether oxygens (including phenoxy) is 2. The molecule has 0 atom stereocenters. The third-order valence-corrected chi connectivity index (χ3v) is 5.78. The van der Waals surface area contributed by atoms with Crippen LogP contribution in [0.5, 0.6) is 11.5 Å². The number of hydrogen-bond donors (Lipinski definition) is 0. The number of carbonyl (C=O) groups excluding carboxylic acids is 2. The Balaban J connectivity index is 1.43. The SMILES string of the molecule is Cc1c(OC(=O)c2cc3ccccc3o2)ccc2c1O/C(=C\c1ccccc1Br)C2=O. The Labute approximate surface area is 186 Å². The molecule has 1 aliphatic heterocycles. The van der Waals surface area contributed by atoms with Crippen molar-refractivity contribution in [3.05, 3.63) is 99.4 Å². The number of halogens is 1. The number of hydrogen-bond acceptors (Lipinski definition) is 5. The summed E-state index contributed by atoms with van der Waals surface area (Å²) < 4.78 is 17.8. The molecule has 0 aliphatic carbocycles. The van der Waals surface area contributed by atoms with E-state index in [4.69, 9.17) is 13.9 Å². The van der Waals surface area contributed by atoms with Gasteiger partial charge in [-0.1, -0.05) is 52.3 Å². The van der Waals surface area contributed by atoms with Gasteiger partial charge in [0.1, 0.15) is 17.1 Å². The maximum atomic E-state index is 12.8. The highest BCUT2D eigenvalue weighted by atomic mass is 79.9. The van der Waals surface area contributed by atoms with E-state index in [9.17, 15) is 9.59 Å². The van der Waals surface area contributed by atoms with E-state index in [1.165, 1.54) is 0 Å². The summed E-state index contributed by atoms with van der Waals surface area (Å²) in [4.78, 5) is 25.4. The van der Waals surface area contributed by atoms with Gasteiger partial charge >= 0.3 is 5.97 Å². The number of ketones is 1. The van der Waals surface area contributed by atoms with Gasteiger partial charge in [0.15, 0.2) is 5.76 Å². The lowest BCUT2D eigenvalue weighted by Gasteiger charge is -2.09. The standard InChI is InChI=1S/C25H15BrO5/c1-14-19(31-25(28)22-13-16-7-3-5-9-20(16)29-22)11-10-17-23(27)21(30-24(14)17)12-15-6-2-4-8-18(15)26/h2-13H,1H3/b21-12-. The van der Waals surface area contributed by atoms with Gasteiger partial charge in [0.25, 0.3) is 0 Å². The number of carbonyl (C=O) groups is 2. The third kappa shape index (κ3) is 3.45. The van der Waals surface area contributed by atoms with Crippen LogP contribution in [0.2, 0.25) is 0 Å². The number of furan rings is 1. The first-order valence-electron chi connectivity index (χ1n) is 9.54. The molecule has 0 amide bonds. The molecule has 0 spiro atoms. The molecular weight excluding hydrogens is 460 g/mol. The van der Waals surface area contributed by atoms with Crippen LogP contribution >= 0.6 is 15.9 Å². The van der Waals surface area contributed by atoms with Gasteiger partial charge in [-0.3, -0.25) is 4.79 Å². The van der Waals surface area contributed by atoms with Gasteiger partial charge < -0.3 is 13.9 Å². The summed E-state index contributed by atoms with van der Waals surface area (Å²) >= 11 is 3.47. The fraction of sp³-hybridized carbons (Fsp3) is 0.0400. The molecule has 0 radical (unpaired) electrons. The van der Waals surface area contributed by atoms with Crippen LogP contribution in [0.25, 0.3) is 17.0 Å². The second kappa shape index (κ2) is 7.56. The van der Waals surface area contributed by atoms with E-state index in [-0.39, 0.29) is 17.3 Å².